The van der Waals surface area contributed by atoms with Gasteiger partial charge in [0.25, 0.3) is 0 Å². The van der Waals surface area contributed by atoms with Crippen LogP contribution in [0.3, 0.4) is 0 Å². The molecular formula is C18H20N2O4. The van der Waals surface area contributed by atoms with Gasteiger partial charge < -0.3 is 14.1 Å². The van der Waals surface area contributed by atoms with Crippen LogP contribution in [-0.2, 0) is 22.5 Å². The van der Waals surface area contributed by atoms with Crippen LogP contribution in [0.15, 0.2) is 53.1 Å². The number of amides is 2. The van der Waals surface area contributed by atoms with Crippen molar-refractivity contribution in [1.82, 2.24) is 9.80 Å². The molecule has 1 fully saturated rings. The molecule has 2 heterocycles. The average Bonchev–Trinajstić information content (AvgIpc) is 3.24. The van der Waals surface area contributed by atoms with Gasteiger partial charge in [-0.25, -0.2) is 4.79 Å². The first-order chi connectivity index (χ1) is 11.7. The molecule has 0 N–H and O–H groups in total. The van der Waals surface area contributed by atoms with E-state index in [0.717, 1.165) is 17.7 Å². The number of carbonyl (C=O) groups excluding carboxylic acids is 2. The highest BCUT2D eigenvalue weighted by Crippen LogP contribution is 2.10. The number of furan rings is 1. The number of ether oxygens (including phenoxy) is 1. The van der Waals surface area contributed by atoms with E-state index in [-0.39, 0.29) is 12.5 Å². The monoisotopic (exact) mass is 328 g/mol. The van der Waals surface area contributed by atoms with Crippen molar-refractivity contribution in [1.29, 1.82) is 0 Å². The second-order valence-corrected chi connectivity index (χ2v) is 5.67. The normalized spacial score (nSPS) is 13.8. The van der Waals surface area contributed by atoms with Crippen molar-refractivity contribution in [2.75, 3.05) is 26.2 Å². The second-order valence-electron chi connectivity index (χ2n) is 5.67. The van der Waals surface area contributed by atoms with Gasteiger partial charge in [0.15, 0.2) is 0 Å². The third kappa shape index (κ3) is 4.16. The lowest BCUT2D eigenvalue weighted by Crippen LogP contribution is -2.41. The molecule has 0 radical (unpaired) electrons. The van der Waals surface area contributed by atoms with Crippen molar-refractivity contribution < 1.29 is 18.7 Å². The fraction of sp³-hybridized carbons (Fsp3) is 0.333. The Morgan fingerprint density at radius 1 is 1.17 bits per heavy atom. The molecule has 6 nitrogen and oxygen atoms in total. The summed E-state index contributed by atoms with van der Waals surface area (Å²) in [5.74, 6) is 0.613. The molecule has 126 valence electrons. The molecule has 0 atom stereocenters. The summed E-state index contributed by atoms with van der Waals surface area (Å²) in [7, 11) is 0. The van der Waals surface area contributed by atoms with Gasteiger partial charge >= 0.3 is 6.09 Å². The summed E-state index contributed by atoms with van der Waals surface area (Å²) in [6.45, 7) is 1.79. The van der Waals surface area contributed by atoms with Gasteiger partial charge in [0, 0.05) is 6.54 Å². The van der Waals surface area contributed by atoms with Crippen molar-refractivity contribution in [3.63, 3.8) is 0 Å². The molecule has 3 rings (SSSR count). The zero-order valence-corrected chi connectivity index (χ0v) is 13.4. The van der Waals surface area contributed by atoms with Gasteiger partial charge in [-0.2, -0.15) is 0 Å². The predicted molar refractivity (Wildman–Crippen MR) is 87.2 cm³/mol. The smallest absolute Gasteiger partial charge is 0.410 e. The average molecular weight is 328 g/mol. The van der Waals surface area contributed by atoms with Crippen LogP contribution in [0.25, 0.3) is 0 Å². The molecule has 6 heteroatoms. The molecule has 1 aromatic carbocycles. The molecule has 2 amide bonds. The lowest BCUT2D eigenvalue weighted by atomic mass is 10.1. The van der Waals surface area contributed by atoms with E-state index in [4.69, 9.17) is 9.15 Å². The van der Waals surface area contributed by atoms with E-state index in [1.54, 1.807) is 17.2 Å². The van der Waals surface area contributed by atoms with Crippen LogP contribution in [0, 0.1) is 0 Å². The number of benzene rings is 1. The zero-order valence-electron chi connectivity index (χ0n) is 13.4. The van der Waals surface area contributed by atoms with E-state index in [9.17, 15) is 9.59 Å². The standard InChI is InChI=1S/C18H20N2O4/c21-17(14-20-10-12-24-18(20)22)19(13-16-7-4-11-23-16)9-8-15-5-2-1-3-6-15/h1-7,11H,8-10,12-14H2. The maximum atomic E-state index is 12.6. The summed E-state index contributed by atoms with van der Waals surface area (Å²) >= 11 is 0. The summed E-state index contributed by atoms with van der Waals surface area (Å²) in [6.07, 6.45) is 1.91. The van der Waals surface area contributed by atoms with Crippen LogP contribution >= 0.6 is 0 Å². The number of cyclic esters (lactones) is 1. The van der Waals surface area contributed by atoms with Crippen LogP contribution in [-0.4, -0.2) is 48.0 Å². The van der Waals surface area contributed by atoms with Gasteiger partial charge in [0.05, 0.1) is 19.4 Å². The Labute approximate surface area is 140 Å². The molecule has 0 bridgehead atoms. The largest absolute Gasteiger partial charge is 0.467 e. The van der Waals surface area contributed by atoms with Crippen molar-refractivity contribution in [2.24, 2.45) is 0 Å². The van der Waals surface area contributed by atoms with Gasteiger partial charge in [-0.05, 0) is 24.1 Å². The minimum Gasteiger partial charge on any atom is -0.467 e. The SMILES string of the molecule is O=C(CN1CCOC1=O)N(CCc1ccccc1)Cc1ccco1. The Morgan fingerprint density at radius 3 is 2.67 bits per heavy atom. The quantitative estimate of drug-likeness (QED) is 0.782. The number of hydrogen-bond acceptors (Lipinski definition) is 4. The van der Waals surface area contributed by atoms with Gasteiger partial charge in [-0.15, -0.1) is 0 Å². The summed E-state index contributed by atoms with van der Waals surface area (Å²) in [5, 5.41) is 0. The summed E-state index contributed by atoms with van der Waals surface area (Å²) in [5.41, 5.74) is 1.16. The van der Waals surface area contributed by atoms with E-state index in [2.05, 4.69) is 0 Å². The van der Waals surface area contributed by atoms with Crippen molar-refractivity contribution in [3.8, 4) is 0 Å². The molecule has 0 unspecified atom stereocenters. The molecule has 1 aliphatic heterocycles. The van der Waals surface area contributed by atoms with Gasteiger partial charge in [-0.1, -0.05) is 30.3 Å². The third-order valence-corrected chi connectivity index (χ3v) is 3.96. The molecule has 0 aliphatic carbocycles. The van der Waals surface area contributed by atoms with Crippen molar-refractivity contribution >= 4 is 12.0 Å². The minimum atomic E-state index is -0.427. The van der Waals surface area contributed by atoms with E-state index in [1.165, 1.54) is 4.90 Å². The van der Waals surface area contributed by atoms with Crippen LogP contribution in [0.5, 0.6) is 0 Å². The Balaban J connectivity index is 1.64. The van der Waals surface area contributed by atoms with E-state index >= 15 is 0 Å². The molecule has 0 spiro atoms. The highest BCUT2D eigenvalue weighted by Gasteiger charge is 2.26. The van der Waals surface area contributed by atoms with E-state index < -0.39 is 6.09 Å². The first-order valence-corrected chi connectivity index (χ1v) is 7.98. The summed E-state index contributed by atoms with van der Waals surface area (Å²) in [4.78, 5) is 27.3. The summed E-state index contributed by atoms with van der Waals surface area (Å²) in [6, 6.07) is 13.6. The van der Waals surface area contributed by atoms with Crippen LogP contribution in [0.1, 0.15) is 11.3 Å². The van der Waals surface area contributed by atoms with Crippen LogP contribution in [0.2, 0.25) is 0 Å². The van der Waals surface area contributed by atoms with Crippen LogP contribution < -0.4 is 0 Å². The first-order valence-electron chi connectivity index (χ1n) is 7.98. The highest BCUT2D eigenvalue weighted by atomic mass is 16.6. The molecule has 0 saturated carbocycles. The lowest BCUT2D eigenvalue weighted by molar-refractivity contribution is -0.132. The number of rotatable bonds is 7. The molecule has 24 heavy (non-hydrogen) atoms. The van der Waals surface area contributed by atoms with E-state index in [0.29, 0.717) is 26.2 Å². The number of carbonyl (C=O) groups is 2. The van der Waals surface area contributed by atoms with Gasteiger partial charge in [0.1, 0.15) is 18.9 Å². The van der Waals surface area contributed by atoms with Crippen molar-refractivity contribution in [3.05, 3.63) is 60.1 Å². The summed E-state index contributed by atoms with van der Waals surface area (Å²) < 4.78 is 10.2. The zero-order chi connectivity index (χ0) is 16.8. The topological polar surface area (TPSA) is 63.0 Å². The van der Waals surface area contributed by atoms with Crippen LogP contribution in [0.4, 0.5) is 4.79 Å². The maximum absolute atomic E-state index is 12.6. The second kappa shape index (κ2) is 7.68. The fourth-order valence-corrected chi connectivity index (χ4v) is 2.62. The van der Waals surface area contributed by atoms with E-state index in [1.807, 2.05) is 36.4 Å². The molecule has 2 aromatic rings. The van der Waals surface area contributed by atoms with Crippen molar-refractivity contribution in [2.45, 2.75) is 13.0 Å². The van der Waals surface area contributed by atoms with Gasteiger partial charge in [-0.3, -0.25) is 9.69 Å². The molecule has 1 saturated heterocycles. The maximum Gasteiger partial charge on any atom is 0.410 e. The first kappa shape index (κ1) is 16.1. The Bertz CT molecular complexity index is 670. The molecular weight excluding hydrogens is 308 g/mol. The highest BCUT2D eigenvalue weighted by molar-refractivity contribution is 5.82. The number of nitrogens with zero attached hydrogens (tertiary/aromatic N) is 2. The molecule has 1 aliphatic rings. The third-order valence-electron chi connectivity index (χ3n) is 3.96. The fourth-order valence-electron chi connectivity index (χ4n) is 2.62. The predicted octanol–water partition coefficient (Wildman–Crippen LogP) is 2.30. The molecule has 1 aromatic heterocycles. The number of hydrogen-bond donors (Lipinski definition) is 0. The minimum absolute atomic E-state index is 0.0360. The Morgan fingerprint density at radius 2 is 2.00 bits per heavy atom. The lowest BCUT2D eigenvalue weighted by Gasteiger charge is -2.24. The Kier molecular flexibility index (Phi) is 5.15. The Hall–Kier alpha value is -2.76. The van der Waals surface area contributed by atoms with Gasteiger partial charge in [0.2, 0.25) is 5.91 Å².